The molecule has 0 aromatic heterocycles. The zero-order valence-corrected chi connectivity index (χ0v) is 22.0. The van der Waals surface area contributed by atoms with E-state index in [1.165, 1.54) is 19.2 Å². The standard InChI is InChI=1S/C30H33FN2O5/c1-21-7-12-25(31)18-27(21)29(34)33-15-13-32(14-16-33)19-28(24-5-4-6-26(17-24)36-2)38-20-22-8-10-23(11-9-22)30(35)37-3/h4-12,17-18,28H,13-16,19-20H2,1-3H3. The van der Waals surface area contributed by atoms with Gasteiger partial charge in [-0.15, -0.1) is 0 Å². The lowest BCUT2D eigenvalue weighted by Crippen LogP contribution is -2.49. The Labute approximate surface area is 222 Å². The fraction of sp³-hybridized carbons (Fsp3) is 0.333. The molecule has 1 amide bonds. The zero-order chi connectivity index (χ0) is 27.1. The number of ether oxygens (including phenoxy) is 3. The maximum absolute atomic E-state index is 13.7. The molecule has 0 bridgehead atoms. The van der Waals surface area contributed by atoms with Gasteiger partial charge >= 0.3 is 5.97 Å². The molecule has 0 aliphatic carbocycles. The zero-order valence-electron chi connectivity index (χ0n) is 22.0. The highest BCUT2D eigenvalue weighted by atomic mass is 19.1. The number of rotatable bonds is 9. The van der Waals surface area contributed by atoms with Crippen molar-refractivity contribution in [3.63, 3.8) is 0 Å². The van der Waals surface area contributed by atoms with Gasteiger partial charge in [0.25, 0.3) is 5.91 Å². The van der Waals surface area contributed by atoms with E-state index in [-0.39, 0.29) is 18.0 Å². The van der Waals surface area contributed by atoms with E-state index < -0.39 is 5.82 Å². The van der Waals surface area contributed by atoms with Crippen molar-refractivity contribution in [2.45, 2.75) is 19.6 Å². The Morgan fingerprint density at radius 1 is 0.947 bits per heavy atom. The van der Waals surface area contributed by atoms with Gasteiger partial charge in [-0.1, -0.05) is 30.3 Å². The monoisotopic (exact) mass is 520 g/mol. The van der Waals surface area contributed by atoms with E-state index in [1.54, 1.807) is 30.2 Å². The molecule has 3 aromatic rings. The van der Waals surface area contributed by atoms with Crippen LogP contribution in [0.3, 0.4) is 0 Å². The van der Waals surface area contributed by atoms with Crippen molar-refractivity contribution in [1.29, 1.82) is 0 Å². The number of halogens is 1. The molecule has 1 atom stereocenters. The third-order valence-corrected chi connectivity index (χ3v) is 6.81. The summed E-state index contributed by atoms with van der Waals surface area (Å²) >= 11 is 0. The van der Waals surface area contributed by atoms with E-state index in [9.17, 15) is 14.0 Å². The minimum Gasteiger partial charge on any atom is -0.497 e. The molecule has 0 N–H and O–H groups in total. The Morgan fingerprint density at radius 3 is 2.37 bits per heavy atom. The summed E-state index contributed by atoms with van der Waals surface area (Å²) in [5.41, 5.74) is 3.59. The molecule has 1 saturated heterocycles. The van der Waals surface area contributed by atoms with Crippen LogP contribution in [0, 0.1) is 12.7 Å². The Hall–Kier alpha value is -3.75. The molecule has 1 unspecified atom stereocenters. The molecule has 0 spiro atoms. The van der Waals surface area contributed by atoms with E-state index in [4.69, 9.17) is 14.2 Å². The van der Waals surface area contributed by atoms with Crippen LogP contribution in [0.1, 0.15) is 43.5 Å². The summed E-state index contributed by atoms with van der Waals surface area (Å²) in [5, 5.41) is 0. The molecule has 3 aromatic carbocycles. The van der Waals surface area contributed by atoms with E-state index in [2.05, 4.69) is 4.90 Å². The fourth-order valence-electron chi connectivity index (χ4n) is 4.51. The number of hydrogen-bond acceptors (Lipinski definition) is 6. The number of piperazine rings is 1. The number of esters is 1. The highest BCUT2D eigenvalue weighted by molar-refractivity contribution is 5.95. The molecule has 200 valence electrons. The van der Waals surface area contributed by atoms with Crippen molar-refractivity contribution in [2.75, 3.05) is 46.9 Å². The van der Waals surface area contributed by atoms with Crippen LogP contribution in [-0.4, -0.2) is 68.6 Å². The van der Waals surface area contributed by atoms with Crippen molar-refractivity contribution in [1.82, 2.24) is 9.80 Å². The van der Waals surface area contributed by atoms with Crippen LogP contribution in [-0.2, 0) is 16.1 Å². The Kier molecular flexibility index (Phi) is 9.10. The lowest BCUT2D eigenvalue weighted by atomic mass is 10.1. The molecule has 4 rings (SSSR count). The van der Waals surface area contributed by atoms with Gasteiger partial charge in [-0.25, -0.2) is 9.18 Å². The van der Waals surface area contributed by atoms with Crippen LogP contribution in [0.15, 0.2) is 66.7 Å². The summed E-state index contributed by atoms with van der Waals surface area (Å²) in [6.07, 6.45) is -0.238. The molecule has 7 nitrogen and oxygen atoms in total. The first-order chi connectivity index (χ1) is 18.4. The van der Waals surface area contributed by atoms with Crippen LogP contribution < -0.4 is 4.74 Å². The fourth-order valence-corrected chi connectivity index (χ4v) is 4.51. The molecule has 8 heteroatoms. The number of carbonyl (C=O) groups excluding carboxylic acids is 2. The number of amides is 1. The van der Waals surface area contributed by atoms with Crippen molar-refractivity contribution in [3.05, 3.63) is 100 Å². The summed E-state index contributed by atoms with van der Waals surface area (Å²) in [4.78, 5) is 28.8. The van der Waals surface area contributed by atoms with Gasteiger partial charge < -0.3 is 19.1 Å². The lowest BCUT2D eigenvalue weighted by molar-refractivity contribution is 0.00330. The van der Waals surface area contributed by atoms with Gasteiger partial charge in [0.05, 0.1) is 32.5 Å². The molecular formula is C30H33FN2O5. The third kappa shape index (κ3) is 6.76. The first-order valence-corrected chi connectivity index (χ1v) is 12.6. The molecule has 38 heavy (non-hydrogen) atoms. The SMILES string of the molecule is COC(=O)c1ccc(COC(CN2CCN(C(=O)c3cc(F)ccc3C)CC2)c2cccc(OC)c2)cc1. The summed E-state index contributed by atoms with van der Waals surface area (Å²) in [6.45, 7) is 5.27. The van der Waals surface area contributed by atoms with E-state index in [1.807, 2.05) is 43.3 Å². The van der Waals surface area contributed by atoms with Crippen molar-refractivity contribution >= 4 is 11.9 Å². The van der Waals surface area contributed by atoms with Gasteiger partial charge in [-0.3, -0.25) is 9.69 Å². The van der Waals surface area contributed by atoms with E-state index >= 15 is 0 Å². The van der Waals surface area contributed by atoms with Gasteiger partial charge in [0.15, 0.2) is 0 Å². The summed E-state index contributed by atoms with van der Waals surface area (Å²) < 4.78 is 30.3. The van der Waals surface area contributed by atoms with Crippen LogP contribution in [0.2, 0.25) is 0 Å². The largest absolute Gasteiger partial charge is 0.497 e. The number of aryl methyl sites for hydroxylation is 1. The van der Waals surface area contributed by atoms with Gasteiger partial charge in [0.2, 0.25) is 0 Å². The van der Waals surface area contributed by atoms with Crippen LogP contribution in [0.4, 0.5) is 4.39 Å². The maximum atomic E-state index is 13.7. The summed E-state index contributed by atoms with van der Waals surface area (Å²) in [5.74, 6) is -0.176. The predicted octanol–water partition coefficient (Wildman–Crippen LogP) is 4.65. The second-order valence-corrected chi connectivity index (χ2v) is 9.32. The van der Waals surface area contributed by atoms with E-state index in [0.717, 1.165) is 22.4 Å². The number of methoxy groups -OCH3 is 2. The molecule has 0 saturated carbocycles. The normalized spacial score (nSPS) is 14.7. The lowest BCUT2D eigenvalue weighted by Gasteiger charge is -2.36. The average molecular weight is 521 g/mol. The van der Waals surface area contributed by atoms with Gasteiger partial charge in [-0.2, -0.15) is 0 Å². The highest BCUT2D eigenvalue weighted by Crippen LogP contribution is 2.25. The molecule has 1 heterocycles. The minimum atomic E-state index is -0.407. The average Bonchev–Trinajstić information content (AvgIpc) is 2.96. The quantitative estimate of drug-likeness (QED) is 0.383. The molecule has 0 radical (unpaired) electrons. The number of carbonyl (C=O) groups is 2. The second-order valence-electron chi connectivity index (χ2n) is 9.32. The van der Waals surface area contributed by atoms with Crippen LogP contribution >= 0.6 is 0 Å². The molecule has 1 aliphatic rings. The number of benzene rings is 3. The van der Waals surface area contributed by atoms with Gasteiger partial charge in [-0.05, 0) is 60.0 Å². The highest BCUT2D eigenvalue weighted by Gasteiger charge is 2.26. The number of hydrogen-bond donors (Lipinski definition) is 0. The smallest absolute Gasteiger partial charge is 0.337 e. The van der Waals surface area contributed by atoms with Gasteiger partial charge in [0.1, 0.15) is 11.6 Å². The summed E-state index contributed by atoms with van der Waals surface area (Å²) in [6, 6.07) is 19.3. The molecular weight excluding hydrogens is 487 g/mol. The Morgan fingerprint density at radius 2 is 1.68 bits per heavy atom. The number of nitrogens with zero attached hydrogens (tertiary/aromatic N) is 2. The van der Waals surface area contributed by atoms with Crippen molar-refractivity contribution in [2.24, 2.45) is 0 Å². The van der Waals surface area contributed by atoms with Crippen LogP contribution in [0.5, 0.6) is 5.75 Å². The first kappa shape index (κ1) is 27.3. The van der Waals surface area contributed by atoms with Crippen LogP contribution in [0.25, 0.3) is 0 Å². The van der Waals surface area contributed by atoms with Gasteiger partial charge in [0, 0.05) is 38.3 Å². The predicted molar refractivity (Wildman–Crippen MR) is 142 cm³/mol. The first-order valence-electron chi connectivity index (χ1n) is 12.6. The Balaban J connectivity index is 1.41. The second kappa shape index (κ2) is 12.7. The molecule has 1 fully saturated rings. The minimum absolute atomic E-state index is 0.141. The summed E-state index contributed by atoms with van der Waals surface area (Å²) in [7, 11) is 2.99. The van der Waals surface area contributed by atoms with Crippen molar-refractivity contribution < 1.29 is 28.2 Å². The Bertz CT molecular complexity index is 1260. The third-order valence-electron chi connectivity index (χ3n) is 6.81. The van der Waals surface area contributed by atoms with Crippen molar-refractivity contribution in [3.8, 4) is 5.75 Å². The van der Waals surface area contributed by atoms with E-state index in [0.29, 0.717) is 50.5 Å². The topological polar surface area (TPSA) is 68.3 Å². The maximum Gasteiger partial charge on any atom is 0.337 e. The molecule has 1 aliphatic heterocycles.